The number of esters is 1. The summed E-state index contributed by atoms with van der Waals surface area (Å²) in [6, 6.07) is 10.9. The minimum atomic E-state index is -0.925. The predicted octanol–water partition coefficient (Wildman–Crippen LogP) is 3.64. The molecule has 0 spiro atoms. The molecule has 3 rings (SSSR count). The lowest BCUT2D eigenvalue weighted by molar-refractivity contribution is -0.386. The highest BCUT2D eigenvalue weighted by molar-refractivity contribution is 6.03. The standard InChI is InChI=1S/C23H22N6O7/c1-13(24-25-22(30)16(4)27-15(3)21(29(34)35)14(2)26-27)17-9-6-8-12-20(17)36-23(31)18-10-5-7-11-19(18)28(32)33/h5-12,16H,1-4H3,(H,25,30). The van der Waals surface area contributed by atoms with Crippen LogP contribution in [0.4, 0.5) is 11.4 Å². The number of carbonyl (C=O) groups is 2. The number of hydrogen-bond donors (Lipinski definition) is 1. The Morgan fingerprint density at radius 3 is 2.25 bits per heavy atom. The van der Waals surface area contributed by atoms with Gasteiger partial charge >= 0.3 is 11.7 Å². The van der Waals surface area contributed by atoms with Gasteiger partial charge in [0.25, 0.3) is 11.6 Å². The topological polar surface area (TPSA) is 172 Å². The number of aromatic nitrogens is 2. The summed E-state index contributed by atoms with van der Waals surface area (Å²) in [4.78, 5) is 46.6. The summed E-state index contributed by atoms with van der Waals surface area (Å²) >= 11 is 0. The van der Waals surface area contributed by atoms with Gasteiger partial charge in [0.2, 0.25) is 0 Å². The molecule has 1 unspecified atom stereocenters. The maximum absolute atomic E-state index is 12.7. The lowest BCUT2D eigenvalue weighted by Gasteiger charge is -2.13. The minimum Gasteiger partial charge on any atom is -0.422 e. The van der Waals surface area contributed by atoms with Crippen LogP contribution in [0.15, 0.2) is 53.6 Å². The molecular formula is C23H22N6O7. The van der Waals surface area contributed by atoms with Crippen molar-refractivity contribution >= 4 is 29.0 Å². The van der Waals surface area contributed by atoms with Gasteiger partial charge in [0.05, 0.1) is 15.6 Å². The van der Waals surface area contributed by atoms with Gasteiger partial charge in [0.1, 0.15) is 28.7 Å². The first-order valence-electron chi connectivity index (χ1n) is 10.6. The number of rotatable bonds is 8. The van der Waals surface area contributed by atoms with E-state index >= 15 is 0 Å². The van der Waals surface area contributed by atoms with Crippen LogP contribution in [0.1, 0.15) is 47.2 Å². The SMILES string of the molecule is CC(=NNC(=O)C(C)n1nc(C)c([N+](=O)[O-])c1C)c1ccccc1OC(=O)c1ccccc1[N+](=O)[O-]. The van der Waals surface area contributed by atoms with Crippen molar-refractivity contribution in [3.8, 4) is 5.75 Å². The quantitative estimate of drug-likeness (QED) is 0.162. The third-order valence-electron chi connectivity index (χ3n) is 5.35. The molecule has 1 heterocycles. The van der Waals surface area contributed by atoms with Crippen molar-refractivity contribution in [2.45, 2.75) is 33.7 Å². The minimum absolute atomic E-state index is 0.0818. The number of nitrogens with one attached hydrogen (secondary N) is 1. The Morgan fingerprint density at radius 2 is 1.64 bits per heavy atom. The molecule has 36 heavy (non-hydrogen) atoms. The number of aryl methyl sites for hydroxylation is 1. The van der Waals surface area contributed by atoms with Crippen molar-refractivity contribution in [3.63, 3.8) is 0 Å². The van der Waals surface area contributed by atoms with E-state index in [1.54, 1.807) is 25.1 Å². The highest BCUT2D eigenvalue weighted by atomic mass is 16.6. The maximum atomic E-state index is 12.7. The number of carbonyl (C=O) groups excluding carboxylic acids is 2. The maximum Gasteiger partial charge on any atom is 0.350 e. The first-order chi connectivity index (χ1) is 17.0. The van der Waals surface area contributed by atoms with E-state index in [2.05, 4.69) is 15.6 Å². The van der Waals surface area contributed by atoms with Crippen molar-refractivity contribution in [1.29, 1.82) is 0 Å². The normalized spacial score (nSPS) is 12.1. The lowest BCUT2D eigenvalue weighted by atomic mass is 10.1. The van der Waals surface area contributed by atoms with Crippen LogP contribution in [-0.4, -0.2) is 37.2 Å². The van der Waals surface area contributed by atoms with E-state index in [4.69, 9.17) is 4.74 Å². The van der Waals surface area contributed by atoms with Crippen LogP contribution in [0, 0.1) is 34.1 Å². The van der Waals surface area contributed by atoms with Gasteiger partial charge in [0.15, 0.2) is 0 Å². The molecule has 0 aliphatic rings. The molecule has 0 fully saturated rings. The molecule has 0 aliphatic carbocycles. The predicted molar refractivity (Wildman–Crippen MR) is 128 cm³/mol. The fourth-order valence-corrected chi connectivity index (χ4v) is 3.51. The number of nitro groups is 2. The zero-order valence-electron chi connectivity index (χ0n) is 19.8. The van der Waals surface area contributed by atoms with Gasteiger partial charge < -0.3 is 4.74 Å². The molecular weight excluding hydrogens is 472 g/mol. The third-order valence-corrected chi connectivity index (χ3v) is 5.35. The Labute approximate surface area is 204 Å². The molecule has 13 nitrogen and oxygen atoms in total. The van der Waals surface area contributed by atoms with E-state index in [-0.39, 0.29) is 34.1 Å². The highest BCUT2D eigenvalue weighted by Crippen LogP contribution is 2.25. The average Bonchev–Trinajstić information content (AvgIpc) is 3.15. The molecule has 2 aromatic carbocycles. The number of para-hydroxylation sites is 2. The summed E-state index contributed by atoms with van der Waals surface area (Å²) in [6.45, 7) is 6.07. The first-order valence-corrected chi connectivity index (χ1v) is 10.6. The molecule has 0 saturated heterocycles. The number of benzene rings is 2. The molecule has 0 saturated carbocycles. The van der Waals surface area contributed by atoms with Gasteiger partial charge in [0, 0.05) is 11.6 Å². The van der Waals surface area contributed by atoms with Crippen LogP contribution in [0.5, 0.6) is 5.75 Å². The number of ether oxygens (including phenoxy) is 1. The Morgan fingerprint density at radius 1 is 1.03 bits per heavy atom. The van der Waals surface area contributed by atoms with Gasteiger partial charge in [-0.2, -0.15) is 10.2 Å². The Kier molecular flexibility index (Phi) is 7.52. The van der Waals surface area contributed by atoms with Crippen LogP contribution in [-0.2, 0) is 4.79 Å². The zero-order chi connectivity index (χ0) is 26.6. The van der Waals surface area contributed by atoms with Crippen LogP contribution >= 0.6 is 0 Å². The second kappa shape index (κ2) is 10.5. The summed E-state index contributed by atoms with van der Waals surface area (Å²) in [5.74, 6) is -1.42. The van der Waals surface area contributed by atoms with Gasteiger partial charge in [-0.25, -0.2) is 10.2 Å². The molecule has 0 aliphatic heterocycles. The lowest BCUT2D eigenvalue weighted by Crippen LogP contribution is -2.29. The summed E-state index contributed by atoms with van der Waals surface area (Å²) < 4.78 is 6.65. The first kappa shape index (κ1) is 25.7. The van der Waals surface area contributed by atoms with Crippen molar-refractivity contribution in [1.82, 2.24) is 15.2 Å². The molecule has 1 atom stereocenters. The van der Waals surface area contributed by atoms with Crippen LogP contribution in [0.25, 0.3) is 0 Å². The smallest absolute Gasteiger partial charge is 0.350 e. The van der Waals surface area contributed by atoms with E-state index in [0.717, 1.165) is 0 Å². The zero-order valence-corrected chi connectivity index (χ0v) is 19.8. The van der Waals surface area contributed by atoms with E-state index < -0.39 is 33.5 Å². The fourth-order valence-electron chi connectivity index (χ4n) is 3.51. The third kappa shape index (κ3) is 5.24. The summed E-state index contributed by atoms with van der Waals surface area (Å²) in [5, 5.41) is 30.6. The van der Waals surface area contributed by atoms with Gasteiger partial charge in [-0.1, -0.05) is 24.3 Å². The fraction of sp³-hybridized carbons (Fsp3) is 0.217. The number of nitro benzene ring substituents is 1. The second-order valence-corrected chi connectivity index (χ2v) is 7.73. The Hall–Kier alpha value is -4.94. The largest absolute Gasteiger partial charge is 0.422 e. The summed E-state index contributed by atoms with van der Waals surface area (Å²) in [5.41, 5.74) is 2.67. The van der Waals surface area contributed by atoms with Crippen molar-refractivity contribution in [3.05, 3.63) is 91.3 Å². The molecule has 1 aromatic heterocycles. The number of amides is 1. The number of nitrogens with zero attached hydrogens (tertiary/aromatic N) is 5. The molecule has 3 aromatic rings. The van der Waals surface area contributed by atoms with E-state index in [1.807, 2.05) is 0 Å². The number of hydrazone groups is 1. The molecule has 13 heteroatoms. The molecule has 1 N–H and O–H groups in total. The highest BCUT2D eigenvalue weighted by Gasteiger charge is 2.27. The summed E-state index contributed by atoms with van der Waals surface area (Å²) in [7, 11) is 0. The molecule has 0 bridgehead atoms. The second-order valence-electron chi connectivity index (χ2n) is 7.73. The van der Waals surface area contributed by atoms with Crippen LogP contribution in [0.2, 0.25) is 0 Å². The van der Waals surface area contributed by atoms with E-state index in [9.17, 15) is 29.8 Å². The van der Waals surface area contributed by atoms with Crippen LogP contribution in [0.3, 0.4) is 0 Å². The Balaban J connectivity index is 1.80. The number of hydrogen-bond acceptors (Lipinski definition) is 9. The van der Waals surface area contributed by atoms with Crippen molar-refractivity contribution in [2.24, 2.45) is 5.10 Å². The van der Waals surface area contributed by atoms with Crippen molar-refractivity contribution in [2.75, 3.05) is 0 Å². The van der Waals surface area contributed by atoms with Gasteiger partial charge in [-0.15, -0.1) is 0 Å². The summed E-state index contributed by atoms with van der Waals surface area (Å²) in [6.07, 6.45) is 0. The average molecular weight is 494 g/mol. The molecule has 1 amide bonds. The molecule has 0 radical (unpaired) electrons. The van der Waals surface area contributed by atoms with E-state index in [1.165, 1.54) is 55.8 Å². The van der Waals surface area contributed by atoms with Crippen molar-refractivity contribution < 1.29 is 24.2 Å². The van der Waals surface area contributed by atoms with Crippen LogP contribution < -0.4 is 10.2 Å². The molecule has 186 valence electrons. The van der Waals surface area contributed by atoms with Gasteiger partial charge in [-0.05, 0) is 45.9 Å². The Bertz CT molecular complexity index is 1400. The monoisotopic (exact) mass is 494 g/mol. The van der Waals surface area contributed by atoms with Gasteiger partial charge in [-0.3, -0.25) is 29.7 Å². The van der Waals surface area contributed by atoms with E-state index in [0.29, 0.717) is 5.56 Å².